The Hall–Kier alpha value is -3.60. The maximum absolute atomic E-state index is 13.0. The molecule has 0 unspecified atom stereocenters. The minimum absolute atomic E-state index is 0.0132. The maximum atomic E-state index is 13.0. The molecule has 0 bridgehead atoms. The van der Waals surface area contributed by atoms with E-state index in [1.807, 2.05) is 60.7 Å². The monoisotopic (exact) mass is 385 g/mol. The van der Waals surface area contributed by atoms with Crippen molar-refractivity contribution in [2.75, 3.05) is 5.32 Å². The van der Waals surface area contributed by atoms with Crippen LogP contribution in [0.4, 0.5) is 5.69 Å². The fourth-order valence-corrected chi connectivity index (χ4v) is 4.43. The van der Waals surface area contributed by atoms with Crippen LogP contribution in [0.5, 0.6) is 5.75 Å². The summed E-state index contributed by atoms with van der Waals surface area (Å²) in [7, 11) is 0. The van der Waals surface area contributed by atoms with Crippen molar-refractivity contribution in [2.24, 2.45) is 5.92 Å². The molecule has 0 radical (unpaired) electrons. The second-order valence-corrected chi connectivity index (χ2v) is 7.48. The number of esters is 1. The summed E-state index contributed by atoms with van der Waals surface area (Å²) < 4.78 is 5.64. The molecule has 5 heteroatoms. The number of carboxylic acids is 1. The molecule has 0 saturated heterocycles. The molecule has 0 fully saturated rings. The van der Waals surface area contributed by atoms with Crippen LogP contribution in [0.25, 0.3) is 10.8 Å². The van der Waals surface area contributed by atoms with Crippen LogP contribution in [0.1, 0.15) is 28.3 Å². The molecule has 3 aromatic carbocycles. The van der Waals surface area contributed by atoms with Gasteiger partial charge in [0.15, 0.2) is 0 Å². The molecule has 0 saturated carbocycles. The molecule has 5 rings (SSSR count). The number of para-hydroxylation sites is 1. The van der Waals surface area contributed by atoms with Crippen molar-refractivity contribution >= 4 is 28.4 Å². The van der Waals surface area contributed by atoms with E-state index >= 15 is 0 Å². The number of hydrogen-bond acceptors (Lipinski definition) is 4. The fourth-order valence-electron chi connectivity index (χ4n) is 4.43. The van der Waals surface area contributed by atoms with Gasteiger partial charge in [-0.15, -0.1) is 0 Å². The topological polar surface area (TPSA) is 75.6 Å². The Bertz CT molecular complexity index is 1170. The first-order valence-corrected chi connectivity index (χ1v) is 9.62. The van der Waals surface area contributed by atoms with Gasteiger partial charge in [0.1, 0.15) is 11.8 Å². The average Bonchev–Trinajstić information content (AvgIpc) is 3.22. The van der Waals surface area contributed by atoms with Crippen molar-refractivity contribution in [3.63, 3.8) is 0 Å². The molecule has 3 aromatic rings. The number of hydrogen-bond donors (Lipinski definition) is 2. The zero-order chi connectivity index (χ0) is 20.0. The van der Waals surface area contributed by atoms with E-state index in [9.17, 15) is 14.7 Å². The van der Waals surface area contributed by atoms with Crippen molar-refractivity contribution in [2.45, 2.75) is 18.4 Å². The van der Waals surface area contributed by atoms with Gasteiger partial charge in [-0.3, -0.25) is 0 Å². The Kier molecular flexibility index (Phi) is 4.09. The van der Waals surface area contributed by atoms with Crippen molar-refractivity contribution in [1.82, 2.24) is 0 Å². The summed E-state index contributed by atoms with van der Waals surface area (Å²) in [5.41, 5.74) is 1.84. The summed E-state index contributed by atoms with van der Waals surface area (Å²) in [6.45, 7) is 0. The number of anilines is 1. The lowest BCUT2D eigenvalue weighted by Crippen LogP contribution is -2.42. The van der Waals surface area contributed by atoms with Crippen LogP contribution in [-0.4, -0.2) is 23.1 Å². The minimum Gasteiger partial charge on any atom is -0.480 e. The number of aliphatic carboxylic acids is 1. The van der Waals surface area contributed by atoms with Crippen LogP contribution in [-0.2, 0) is 4.79 Å². The third-order valence-electron chi connectivity index (χ3n) is 5.81. The molecule has 3 atom stereocenters. The summed E-state index contributed by atoms with van der Waals surface area (Å²) >= 11 is 0. The number of carbonyl (C=O) groups is 2. The van der Waals surface area contributed by atoms with Crippen molar-refractivity contribution in [3.05, 3.63) is 83.9 Å². The van der Waals surface area contributed by atoms with Crippen molar-refractivity contribution in [1.29, 1.82) is 0 Å². The van der Waals surface area contributed by atoms with Gasteiger partial charge in [0, 0.05) is 11.8 Å². The lowest BCUT2D eigenvalue weighted by atomic mass is 9.78. The summed E-state index contributed by atoms with van der Waals surface area (Å²) in [6, 6.07) is 18.0. The van der Waals surface area contributed by atoms with Crippen LogP contribution in [0.15, 0.2) is 72.8 Å². The molecule has 0 aromatic heterocycles. The maximum Gasteiger partial charge on any atom is 0.345 e. The smallest absolute Gasteiger partial charge is 0.345 e. The molecular weight excluding hydrogens is 366 g/mol. The van der Waals surface area contributed by atoms with Gasteiger partial charge >= 0.3 is 11.9 Å². The highest BCUT2D eigenvalue weighted by Gasteiger charge is 2.42. The van der Waals surface area contributed by atoms with Gasteiger partial charge in [0.05, 0.1) is 11.3 Å². The van der Waals surface area contributed by atoms with E-state index in [-0.39, 0.29) is 11.8 Å². The van der Waals surface area contributed by atoms with E-state index < -0.39 is 18.0 Å². The van der Waals surface area contributed by atoms with Gasteiger partial charge in [-0.05, 0) is 41.0 Å². The zero-order valence-electron chi connectivity index (χ0n) is 15.5. The third kappa shape index (κ3) is 2.95. The lowest BCUT2D eigenvalue weighted by molar-refractivity contribution is -0.139. The molecule has 1 aliphatic heterocycles. The average molecular weight is 385 g/mol. The number of nitrogens with one attached hydrogen (secondary N) is 1. The van der Waals surface area contributed by atoms with E-state index in [0.717, 1.165) is 16.3 Å². The first-order chi connectivity index (χ1) is 14.1. The molecule has 2 N–H and O–H groups in total. The summed E-state index contributed by atoms with van der Waals surface area (Å²) in [4.78, 5) is 24.8. The van der Waals surface area contributed by atoms with E-state index in [1.54, 1.807) is 12.1 Å². The van der Waals surface area contributed by atoms with Gasteiger partial charge in [-0.2, -0.15) is 0 Å². The molecule has 1 aliphatic carbocycles. The Morgan fingerprint density at radius 2 is 1.83 bits per heavy atom. The largest absolute Gasteiger partial charge is 0.480 e. The molecule has 0 amide bonds. The Morgan fingerprint density at radius 1 is 1.00 bits per heavy atom. The highest BCUT2D eigenvalue weighted by Crippen LogP contribution is 2.45. The van der Waals surface area contributed by atoms with Gasteiger partial charge in [0.2, 0.25) is 0 Å². The predicted octanol–water partition coefficient (Wildman–Crippen LogP) is 4.60. The number of benzene rings is 3. The Labute approximate surface area is 167 Å². The highest BCUT2D eigenvalue weighted by molar-refractivity contribution is 5.99. The Morgan fingerprint density at radius 3 is 2.66 bits per heavy atom. The third-order valence-corrected chi connectivity index (χ3v) is 5.81. The van der Waals surface area contributed by atoms with Crippen LogP contribution >= 0.6 is 0 Å². The highest BCUT2D eigenvalue weighted by atomic mass is 16.5. The fraction of sp³-hybridized carbons (Fsp3) is 0.167. The lowest BCUT2D eigenvalue weighted by Gasteiger charge is -2.35. The number of ether oxygens (including phenoxy) is 1. The number of fused-ring (bicyclic) bond motifs is 4. The molecular formula is C24H19NO4. The first-order valence-electron chi connectivity index (χ1n) is 9.62. The van der Waals surface area contributed by atoms with Crippen molar-refractivity contribution < 1.29 is 19.4 Å². The molecule has 0 spiro atoms. The normalized spacial score (nSPS) is 21.9. The summed E-state index contributed by atoms with van der Waals surface area (Å²) in [5.74, 6) is -1.02. The van der Waals surface area contributed by atoms with Gasteiger partial charge in [-0.1, -0.05) is 54.6 Å². The van der Waals surface area contributed by atoms with Crippen LogP contribution in [0.2, 0.25) is 0 Å². The van der Waals surface area contributed by atoms with E-state index in [0.29, 0.717) is 23.4 Å². The molecule has 144 valence electrons. The van der Waals surface area contributed by atoms with Crippen LogP contribution < -0.4 is 10.1 Å². The first kappa shape index (κ1) is 17.5. The second-order valence-electron chi connectivity index (χ2n) is 7.48. The number of carbonyl (C=O) groups excluding carboxylic acids is 1. The molecule has 5 nitrogen and oxygen atoms in total. The van der Waals surface area contributed by atoms with E-state index in [1.165, 1.54) is 0 Å². The number of allylic oxidation sites excluding steroid dienone is 2. The van der Waals surface area contributed by atoms with Gasteiger partial charge < -0.3 is 15.2 Å². The standard InChI is InChI=1S/C24H19NO4/c26-23(27)22-19-9-3-7-17(19)18-8-4-10-20(21(18)25-22)24(28)29-16-12-11-14-5-1-2-6-15(14)13-16/h1-8,10-13,17,19,22,25H,9H2,(H,26,27)/t17-,19+,22-/m0/s1. The molecule has 2 aliphatic rings. The number of rotatable bonds is 3. The van der Waals surface area contributed by atoms with Gasteiger partial charge in [0.25, 0.3) is 0 Å². The van der Waals surface area contributed by atoms with Crippen LogP contribution in [0, 0.1) is 5.92 Å². The minimum atomic E-state index is -0.910. The summed E-state index contributed by atoms with van der Waals surface area (Å²) in [5, 5.41) is 14.8. The predicted molar refractivity (Wildman–Crippen MR) is 110 cm³/mol. The quantitative estimate of drug-likeness (QED) is 0.392. The summed E-state index contributed by atoms with van der Waals surface area (Å²) in [6.07, 6.45) is 4.76. The molecule has 1 heterocycles. The van der Waals surface area contributed by atoms with Gasteiger partial charge in [-0.25, -0.2) is 9.59 Å². The van der Waals surface area contributed by atoms with E-state index in [4.69, 9.17) is 4.74 Å². The van der Waals surface area contributed by atoms with E-state index in [2.05, 4.69) is 5.32 Å². The van der Waals surface area contributed by atoms with Crippen molar-refractivity contribution in [3.8, 4) is 5.75 Å². The SMILES string of the molecule is O=C(Oc1ccc2ccccc2c1)c1cccc2c1N[C@H](C(=O)O)[C@@H]1CC=C[C@@H]21. The van der Waals surface area contributed by atoms with Crippen LogP contribution in [0.3, 0.4) is 0 Å². The second kappa shape index (κ2) is 6.78. The zero-order valence-corrected chi connectivity index (χ0v) is 15.5. The number of carboxylic acid groups (broad SMARTS) is 1. The molecule has 29 heavy (non-hydrogen) atoms. The Balaban J connectivity index is 1.50.